The van der Waals surface area contributed by atoms with Crippen LogP contribution in [0.4, 0.5) is 4.79 Å². The van der Waals surface area contributed by atoms with Crippen LogP contribution in [0.5, 0.6) is 5.75 Å². The average Bonchev–Trinajstić information content (AvgIpc) is 2.90. The maximum Gasteiger partial charge on any atom is 0.344 e. The van der Waals surface area contributed by atoms with Gasteiger partial charge in [0.25, 0.3) is 11.8 Å². The van der Waals surface area contributed by atoms with Crippen LogP contribution in [-0.4, -0.2) is 48.1 Å². The van der Waals surface area contributed by atoms with Crippen LogP contribution in [0.15, 0.2) is 24.3 Å². The molecule has 1 heterocycles. The molecule has 0 aromatic heterocycles. The van der Waals surface area contributed by atoms with E-state index in [2.05, 4.69) is 10.7 Å². The maximum absolute atomic E-state index is 12.6. The number of esters is 1. The van der Waals surface area contributed by atoms with Gasteiger partial charge in [0, 0.05) is 0 Å². The van der Waals surface area contributed by atoms with Crippen LogP contribution in [0.2, 0.25) is 0 Å². The quantitative estimate of drug-likeness (QED) is 0.589. The largest absolute Gasteiger partial charge is 0.497 e. The van der Waals surface area contributed by atoms with Gasteiger partial charge in [-0.15, -0.1) is 0 Å². The van der Waals surface area contributed by atoms with E-state index in [1.54, 1.807) is 12.1 Å². The molecule has 2 N–H and O–H groups in total. The first kappa shape index (κ1) is 18.7. The van der Waals surface area contributed by atoms with Crippen molar-refractivity contribution >= 4 is 23.8 Å². The number of rotatable bonds is 5. The van der Waals surface area contributed by atoms with Crippen molar-refractivity contribution in [3.63, 3.8) is 0 Å². The highest BCUT2D eigenvalue weighted by Gasteiger charge is 2.52. The zero-order chi connectivity index (χ0) is 19.4. The van der Waals surface area contributed by atoms with Gasteiger partial charge in [0.05, 0.1) is 12.7 Å². The van der Waals surface area contributed by atoms with E-state index in [9.17, 15) is 19.2 Å². The Hall–Kier alpha value is -3.10. The highest BCUT2D eigenvalue weighted by Crippen LogP contribution is 2.32. The average molecular weight is 375 g/mol. The minimum Gasteiger partial charge on any atom is -0.497 e. The van der Waals surface area contributed by atoms with Gasteiger partial charge < -0.3 is 14.8 Å². The molecule has 0 bridgehead atoms. The van der Waals surface area contributed by atoms with Gasteiger partial charge in [-0.05, 0) is 31.0 Å². The molecule has 1 aliphatic carbocycles. The van der Waals surface area contributed by atoms with E-state index in [-0.39, 0.29) is 5.56 Å². The number of carbonyl (C=O) groups is 4. The van der Waals surface area contributed by atoms with Crippen molar-refractivity contribution in [2.45, 2.75) is 37.6 Å². The lowest BCUT2D eigenvalue weighted by Crippen LogP contribution is -2.51. The molecule has 4 amide bonds. The highest BCUT2D eigenvalue weighted by atomic mass is 16.5. The van der Waals surface area contributed by atoms with E-state index in [0.29, 0.717) is 23.6 Å². The highest BCUT2D eigenvalue weighted by molar-refractivity contribution is 6.08. The van der Waals surface area contributed by atoms with Gasteiger partial charge in [-0.1, -0.05) is 25.3 Å². The molecule has 9 nitrogen and oxygen atoms in total. The number of nitrogens with zero attached hydrogens (tertiary/aromatic N) is 1. The third-order valence-electron chi connectivity index (χ3n) is 4.75. The predicted octanol–water partition coefficient (Wildman–Crippen LogP) is 1.14. The van der Waals surface area contributed by atoms with Crippen LogP contribution in [0.25, 0.3) is 0 Å². The number of carbonyl (C=O) groups excluding carboxylic acids is 4. The molecule has 0 atom stereocenters. The maximum atomic E-state index is 12.6. The van der Waals surface area contributed by atoms with Crippen LogP contribution in [-0.2, 0) is 14.3 Å². The number of hydrogen-bond donors (Lipinski definition) is 2. The van der Waals surface area contributed by atoms with E-state index in [1.807, 2.05) is 0 Å². The van der Waals surface area contributed by atoms with E-state index in [0.717, 1.165) is 19.3 Å². The molecule has 1 aliphatic heterocycles. The van der Waals surface area contributed by atoms with E-state index < -0.39 is 36.0 Å². The lowest BCUT2D eigenvalue weighted by atomic mass is 9.82. The molecule has 27 heavy (non-hydrogen) atoms. The third kappa shape index (κ3) is 3.86. The van der Waals surface area contributed by atoms with Crippen LogP contribution < -0.4 is 15.5 Å². The molecule has 0 unspecified atom stereocenters. The van der Waals surface area contributed by atoms with Crippen molar-refractivity contribution in [3.05, 3.63) is 29.8 Å². The number of methoxy groups -OCH3 is 1. The number of imide groups is 1. The number of urea groups is 1. The molecule has 9 heteroatoms. The summed E-state index contributed by atoms with van der Waals surface area (Å²) in [7, 11) is 1.47. The molecule has 1 aromatic carbocycles. The number of hydrazine groups is 1. The standard InChI is InChI=1S/C18H21N3O6/c1-26-13-7-5-6-12(10-13)15(23)27-11-14(22)20-21-16(24)18(19-17(21)25)8-3-2-4-9-18/h5-7,10H,2-4,8-9,11H2,1H3,(H,19,25)(H,20,22). The summed E-state index contributed by atoms with van der Waals surface area (Å²) in [6, 6.07) is 5.61. The van der Waals surface area contributed by atoms with Crippen molar-refractivity contribution in [2.24, 2.45) is 0 Å². The van der Waals surface area contributed by atoms with E-state index >= 15 is 0 Å². The van der Waals surface area contributed by atoms with Crippen molar-refractivity contribution in [2.75, 3.05) is 13.7 Å². The van der Waals surface area contributed by atoms with Gasteiger partial charge in [-0.2, -0.15) is 5.01 Å². The Labute approximate surface area is 156 Å². The van der Waals surface area contributed by atoms with E-state index in [1.165, 1.54) is 19.2 Å². The molecule has 144 valence electrons. The second-order valence-electron chi connectivity index (χ2n) is 6.56. The Morgan fingerprint density at radius 3 is 2.67 bits per heavy atom. The smallest absolute Gasteiger partial charge is 0.344 e. The third-order valence-corrected chi connectivity index (χ3v) is 4.75. The topological polar surface area (TPSA) is 114 Å². The monoisotopic (exact) mass is 375 g/mol. The van der Waals surface area contributed by atoms with Crippen LogP contribution in [0.3, 0.4) is 0 Å². The molecule has 1 saturated carbocycles. The molecule has 1 aromatic rings. The molecule has 2 aliphatic rings. The molecule has 1 spiro atoms. The molecule has 2 fully saturated rings. The summed E-state index contributed by atoms with van der Waals surface area (Å²) in [6.07, 6.45) is 3.79. The van der Waals surface area contributed by atoms with Gasteiger partial charge in [0.1, 0.15) is 11.3 Å². The Morgan fingerprint density at radius 1 is 1.22 bits per heavy atom. The molecule has 0 radical (unpaired) electrons. The first-order valence-corrected chi connectivity index (χ1v) is 8.72. The summed E-state index contributed by atoms with van der Waals surface area (Å²) >= 11 is 0. The summed E-state index contributed by atoms with van der Waals surface area (Å²) in [5, 5.41) is 3.35. The van der Waals surface area contributed by atoms with Gasteiger partial charge in [0.2, 0.25) is 0 Å². The van der Waals surface area contributed by atoms with Crippen molar-refractivity contribution in [1.82, 2.24) is 15.8 Å². The molecular formula is C18H21N3O6. The van der Waals surface area contributed by atoms with Crippen molar-refractivity contribution in [3.8, 4) is 5.75 Å². The minimum absolute atomic E-state index is 0.221. The van der Waals surface area contributed by atoms with Gasteiger partial charge in [-0.3, -0.25) is 15.0 Å². The SMILES string of the molecule is COc1cccc(C(=O)OCC(=O)NN2C(=O)NC3(CCCCC3)C2=O)c1. The Balaban J connectivity index is 1.55. The first-order chi connectivity index (χ1) is 12.9. The minimum atomic E-state index is -0.931. The fourth-order valence-electron chi connectivity index (χ4n) is 3.34. The summed E-state index contributed by atoms with van der Waals surface area (Å²) in [5.74, 6) is -1.49. The lowest BCUT2D eigenvalue weighted by Gasteiger charge is -2.30. The fraction of sp³-hybridized carbons (Fsp3) is 0.444. The summed E-state index contributed by atoms with van der Waals surface area (Å²) < 4.78 is 9.95. The molecule has 1 saturated heterocycles. The normalized spacial score (nSPS) is 18.2. The van der Waals surface area contributed by atoms with Crippen LogP contribution in [0.1, 0.15) is 42.5 Å². The zero-order valence-corrected chi connectivity index (χ0v) is 14.9. The van der Waals surface area contributed by atoms with Crippen LogP contribution in [0, 0.1) is 0 Å². The van der Waals surface area contributed by atoms with Crippen molar-refractivity contribution < 1.29 is 28.7 Å². The fourth-order valence-corrected chi connectivity index (χ4v) is 3.34. The lowest BCUT2D eigenvalue weighted by molar-refractivity contribution is -0.140. The number of amides is 4. The predicted molar refractivity (Wildman–Crippen MR) is 92.6 cm³/mol. The van der Waals surface area contributed by atoms with Crippen LogP contribution >= 0.6 is 0 Å². The Morgan fingerprint density at radius 2 is 1.96 bits per heavy atom. The first-order valence-electron chi connectivity index (χ1n) is 8.72. The second kappa shape index (κ2) is 7.65. The summed E-state index contributed by atoms with van der Waals surface area (Å²) in [5.41, 5.74) is 1.50. The Bertz CT molecular complexity index is 772. The molecular weight excluding hydrogens is 354 g/mol. The summed E-state index contributed by atoms with van der Waals surface area (Å²) in [4.78, 5) is 48.7. The van der Waals surface area contributed by atoms with Gasteiger partial charge in [-0.25, -0.2) is 9.59 Å². The van der Waals surface area contributed by atoms with Gasteiger partial charge in [0.15, 0.2) is 6.61 Å². The Kier molecular flexibility index (Phi) is 5.29. The number of benzene rings is 1. The number of ether oxygens (including phenoxy) is 2. The van der Waals surface area contributed by atoms with Gasteiger partial charge >= 0.3 is 12.0 Å². The second-order valence-corrected chi connectivity index (χ2v) is 6.56. The number of nitrogens with one attached hydrogen (secondary N) is 2. The zero-order valence-electron chi connectivity index (χ0n) is 14.9. The molecule has 3 rings (SSSR count). The van der Waals surface area contributed by atoms with Crippen molar-refractivity contribution in [1.29, 1.82) is 0 Å². The number of hydrogen-bond acceptors (Lipinski definition) is 6. The summed E-state index contributed by atoms with van der Waals surface area (Å²) in [6.45, 7) is -0.625. The van der Waals surface area contributed by atoms with E-state index in [4.69, 9.17) is 9.47 Å².